The van der Waals surface area contributed by atoms with Crippen LogP contribution in [0.3, 0.4) is 0 Å². The van der Waals surface area contributed by atoms with Gasteiger partial charge >= 0.3 is 0 Å². The van der Waals surface area contributed by atoms with E-state index in [1.54, 1.807) is 0 Å². The standard InChI is InChI=1S/C16H23ClN6O5/c1-2-27-9-4-3-5-23(9)21-13-10-14(20-16(17)19-13)22(7-18-10)15-12(26)11(25)8(6-24)28-15/h7-9,11-12,15,24-26H,2-6H2,1H3,(H,19,20,21)/t8-,9?,11-,12-,15-/m1/s1. The summed E-state index contributed by atoms with van der Waals surface area (Å²) in [5, 5.41) is 31.6. The van der Waals surface area contributed by atoms with E-state index in [4.69, 9.17) is 21.1 Å². The van der Waals surface area contributed by atoms with Gasteiger partial charge in [0.1, 0.15) is 24.5 Å². The first-order valence-corrected chi connectivity index (χ1v) is 9.58. The zero-order chi connectivity index (χ0) is 19.8. The predicted molar refractivity (Wildman–Crippen MR) is 98.3 cm³/mol. The van der Waals surface area contributed by atoms with Crippen molar-refractivity contribution >= 4 is 28.6 Å². The number of aromatic nitrogens is 4. The monoisotopic (exact) mass is 414 g/mol. The molecule has 2 aromatic rings. The zero-order valence-corrected chi connectivity index (χ0v) is 16.0. The minimum absolute atomic E-state index is 0.00403. The summed E-state index contributed by atoms with van der Waals surface area (Å²) in [5.74, 6) is 0.409. The number of nitrogens with one attached hydrogen (secondary N) is 1. The van der Waals surface area contributed by atoms with E-state index in [2.05, 4.69) is 20.4 Å². The van der Waals surface area contributed by atoms with Gasteiger partial charge in [0.25, 0.3) is 0 Å². The summed E-state index contributed by atoms with van der Waals surface area (Å²) in [6.45, 7) is 2.91. The van der Waals surface area contributed by atoms with Crippen LogP contribution in [0.4, 0.5) is 5.82 Å². The number of ether oxygens (including phenoxy) is 2. The van der Waals surface area contributed by atoms with Gasteiger partial charge in [0, 0.05) is 13.2 Å². The number of nitrogens with zero attached hydrogens (tertiary/aromatic N) is 5. The molecule has 4 rings (SSSR count). The Bertz CT molecular complexity index is 837. The number of hydrazine groups is 1. The number of imidazole rings is 1. The number of aliphatic hydroxyl groups is 3. The number of fused-ring (bicyclic) bond motifs is 1. The highest BCUT2D eigenvalue weighted by atomic mass is 35.5. The summed E-state index contributed by atoms with van der Waals surface area (Å²) < 4.78 is 12.8. The number of rotatable bonds is 6. The number of aliphatic hydroxyl groups excluding tert-OH is 3. The van der Waals surface area contributed by atoms with Crippen LogP contribution in [0.5, 0.6) is 0 Å². The van der Waals surface area contributed by atoms with Gasteiger partial charge in [-0.2, -0.15) is 15.0 Å². The molecule has 2 saturated heterocycles. The topological polar surface area (TPSA) is 138 Å². The van der Waals surface area contributed by atoms with Crippen molar-refractivity contribution in [2.75, 3.05) is 25.2 Å². The zero-order valence-electron chi connectivity index (χ0n) is 15.3. The summed E-state index contributed by atoms with van der Waals surface area (Å²) in [5.41, 5.74) is 3.98. The average Bonchev–Trinajstić information content (AvgIpc) is 3.35. The Morgan fingerprint density at radius 1 is 1.36 bits per heavy atom. The highest BCUT2D eigenvalue weighted by Crippen LogP contribution is 2.33. The lowest BCUT2D eigenvalue weighted by Gasteiger charge is -2.25. The minimum Gasteiger partial charge on any atom is -0.394 e. The molecule has 5 atom stereocenters. The molecule has 11 nitrogen and oxygen atoms in total. The van der Waals surface area contributed by atoms with Gasteiger partial charge in [0.2, 0.25) is 5.28 Å². The van der Waals surface area contributed by atoms with Gasteiger partial charge in [-0.25, -0.2) is 4.98 Å². The fourth-order valence-electron chi connectivity index (χ4n) is 3.63. The van der Waals surface area contributed by atoms with Gasteiger partial charge < -0.3 is 24.8 Å². The second-order valence-corrected chi connectivity index (χ2v) is 7.09. The van der Waals surface area contributed by atoms with Crippen molar-refractivity contribution in [1.29, 1.82) is 0 Å². The molecule has 2 fully saturated rings. The minimum atomic E-state index is -1.25. The van der Waals surface area contributed by atoms with Crippen molar-refractivity contribution in [2.45, 2.75) is 50.5 Å². The molecule has 0 bridgehead atoms. The summed E-state index contributed by atoms with van der Waals surface area (Å²) in [7, 11) is 0. The third-order valence-corrected chi connectivity index (χ3v) is 5.16. The van der Waals surface area contributed by atoms with Crippen LogP contribution >= 0.6 is 11.6 Å². The fourth-order valence-corrected chi connectivity index (χ4v) is 3.79. The van der Waals surface area contributed by atoms with Crippen LogP contribution in [0.2, 0.25) is 5.28 Å². The van der Waals surface area contributed by atoms with E-state index in [9.17, 15) is 15.3 Å². The second-order valence-electron chi connectivity index (χ2n) is 6.75. The van der Waals surface area contributed by atoms with E-state index in [-0.39, 0.29) is 11.5 Å². The smallest absolute Gasteiger partial charge is 0.226 e. The molecule has 0 aromatic carbocycles. The second kappa shape index (κ2) is 8.03. The lowest BCUT2D eigenvalue weighted by atomic mass is 10.1. The lowest BCUT2D eigenvalue weighted by molar-refractivity contribution is -0.0511. The molecule has 4 N–H and O–H groups in total. The molecule has 2 aliphatic heterocycles. The van der Waals surface area contributed by atoms with E-state index < -0.39 is 31.1 Å². The van der Waals surface area contributed by atoms with E-state index in [1.807, 2.05) is 11.9 Å². The van der Waals surface area contributed by atoms with E-state index in [0.29, 0.717) is 23.6 Å². The molecule has 28 heavy (non-hydrogen) atoms. The third kappa shape index (κ3) is 3.43. The van der Waals surface area contributed by atoms with E-state index in [0.717, 1.165) is 19.4 Å². The van der Waals surface area contributed by atoms with Gasteiger partial charge in [0.05, 0.1) is 12.9 Å². The predicted octanol–water partition coefficient (Wildman–Crippen LogP) is -0.124. The maximum atomic E-state index is 10.3. The van der Waals surface area contributed by atoms with E-state index >= 15 is 0 Å². The molecule has 12 heteroatoms. The quantitative estimate of drug-likeness (QED) is 0.473. The van der Waals surface area contributed by atoms with Crippen LogP contribution in [0, 0.1) is 0 Å². The lowest BCUT2D eigenvalue weighted by Crippen LogP contribution is -2.37. The van der Waals surface area contributed by atoms with Crippen molar-refractivity contribution in [3.63, 3.8) is 0 Å². The first-order chi connectivity index (χ1) is 13.5. The largest absolute Gasteiger partial charge is 0.394 e. The SMILES string of the molecule is CCOC1CCCN1Nc1nc(Cl)nc2c1ncn2[C@@H]1O[C@H](CO)[C@@H](O)[C@H]1O. The van der Waals surface area contributed by atoms with E-state index in [1.165, 1.54) is 10.9 Å². The molecule has 0 radical (unpaired) electrons. The Morgan fingerprint density at radius 2 is 2.18 bits per heavy atom. The van der Waals surface area contributed by atoms with Crippen LogP contribution in [-0.2, 0) is 9.47 Å². The summed E-state index contributed by atoms with van der Waals surface area (Å²) in [6, 6.07) is 0. The first kappa shape index (κ1) is 19.7. The molecule has 2 aliphatic rings. The van der Waals surface area contributed by atoms with Gasteiger partial charge in [-0.1, -0.05) is 0 Å². The number of hydrogen-bond donors (Lipinski definition) is 4. The van der Waals surface area contributed by atoms with Crippen molar-refractivity contribution < 1.29 is 24.8 Å². The van der Waals surface area contributed by atoms with Crippen LogP contribution in [-0.4, -0.2) is 84.1 Å². The van der Waals surface area contributed by atoms with Gasteiger partial charge in [0.15, 0.2) is 23.2 Å². The van der Waals surface area contributed by atoms with Gasteiger partial charge in [-0.3, -0.25) is 9.99 Å². The number of anilines is 1. The molecular weight excluding hydrogens is 392 g/mol. The Kier molecular flexibility index (Phi) is 5.65. The summed E-state index contributed by atoms with van der Waals surface area (Å²) >= 11 is 6.12. The van der Waals surface area contributed by atoms with Gasteiger partial charge in [-0.15, -0.1) is 0 Å². The first-order valence-electron chi connectivity index (χ1n) is 9.21. The molecule has 2 aromatic heterocycles. The van der Waals surface area contributed by atoms with Crippen LogP contribution < -0.4 is 5.43 Å². The summed E-state index contributed by atoms with van der Waals surface area (Å²) in [4.78, 5) is 12.8. The maximum Gasteiger partial charge on any atom is 0.226 e. The van der Waals surface area contributed by atoms with Crippen molar-refractivity contribution in [1.82, 2.24) is 24.5 Å². The molecule has 0 spiro atoms. The van der Waals surface area contributed by atoms with Crippen molar-refractivity contribution in [3.05, 3.63) is 11.6 Å². The fraction of sp³-hybridized carbons (Fsp3) is 0.688. The average molecular weight is 415 g/mol. The Balaban J connectivity index is 1.66. The Labute approximate surface area is 165 Å². The van der Waals surface area contributed by atoms with Crippen molar-refractivity contribution in [3.8, 4) is 0 Å². The molecule has 0 aliphatic carbocycles. The van der Waals surface area contributed by atoms with Crippen LogP contribution in [0.15, 0.2) is 6.33 Å². The Morgan fingerprint density at radius 3 is 2.89 bits per heavy atom. The van der Waals surface area contributed by atoms with Crippen molar-refractivity contribution in [2.24, 2.45) is 0 Å². The highest BCUT2D eigenvalue weighted by molar-refractivity contribution is 6.28. The normalized spacial score (nSPS) is 31.1. The molecule has 154 valence electrons. The number of halogens is 1. The number of hydrogen-bond acceptors (Lipinski definition) is 10. The maximum absolute atomic E-state index is 10.3. The highest BCUT2D eigenvalue weighted by Gasteiger charge is 2.44. The summed E-state index contributed by atoms with van der Waals surface area (Å²) in [6.07, 6.45) is -1.08. The third-order valence-electron chi connectivity index (χ3n) is 4.99. The van der Waals surface area contributed by atoms with Crippen LogP contribution in [0.1, 0.15) is 26.0 Å². The molecule has 1 unspecified atom stereocenters. The molecule has 4 heterocycles. The molecule has 0 saturated carbocycles. The van der Waals surface area contributed by atoms with Crippen LogP contribution in [0.25, 0.3) is 11.2 Å². The Hall–Kier alpha value is -1.60. The molecule has 0 amide bonds. The molecular formula is C16H23ClN6O5. The van der Waals surface area contributed by atoms with Gasteiger partial charge in [-0.05, 0) is 31.4 Å².